The van der Waals surface area contributed by atoms with E-state index in [1.54, 1.807) is 18.3 Å². The fourth-order valence-corrected chi connectivity index (χ4v) is 3.01. The molecule has 0 unspecified atom stereocenters. The minimum absolute atomic E-state index is 0.172. The molecule has 1 aromatic carbocycles. The van der Waals surface area contributed by atoms with Crippen LogP contribution in [0.5, 0.6) is 0 Å². The summed E-state index contributed by atoms with van der Waals surface area (Å²) in [6.07, 6.45) is 3.14. The molecule has 0 amide bonds. The third kappa shape index (κ3) is 3.36. The molecule has 122 valence electrons. The Morgan fingerprint density at radius 1 is 1.21 bits per heavy atom. The predicted molar refractivity (Wildman–Crippen MR) is 98.2 cm³/mol. The van der Waals surface area contributed by atoms with E-state index in [1.807, 2.05) is 43.3 Å². The van der Waals surface area contributed by atoms with Gasteiger partial charge in [-0.3, -0.25) is 9.78 Å². The van der Waals surface area contributed by atoms with E-state index in [1.165, 1.54) is 17.5 Å². The first-order valence-electron chi connectivity index (χ1n) is 7.30. The van der Waals surface area contributed by atoms with E-state index >= 15 is 0 Å². The third-order valence-corrected chi connectivity index (χ3v) is 4.40. The molecule has 7 heteroatoms. The lowest BCUT2D eigenvalue weighted by Crippen LogP contribution is -2.08. The summed E-state index contributed by atoms with van der Waals surface area (Å²) in [6, 6.07) is 11.3. The molecule has 2 aromatic heterocycles. The van der Waals surface area contributed by atoms with Crippen LogP contribution in [0.1, 0.15) is 15.2 Å². The number of nitrogens with zero attached hydrogens (tertiary/aromatic N) is 3. The van der Waals surface area contributed by atoms with Crippen molar-refractivity contribution in [2.75, 3.05) is 30.0 Å². The summed E-state index contributed by atoms with van der Waals surface area (Å²) in [4.78, 5) is 23.1. The van der Waals surface area contributed by atoms with Crippen LogP contribution in [0.4, 0.5) is 22.3 Å². The Balaban J connectivity index is 1.80. The average Bonchev–Trinajstić information content (AvgIpc) is 2.95. The minimum Gasteiger partial charge on any atom is -0.382 e. The van der Waals surface area contributed by atoms with Gasteiger partial charge in [0, 0.05) is 43.4 Å². The first-order chi connectivity index (χ1) is 11.5. The van der Waals surface area contributed by atoms with E-state index in [4.69, 9.17) is 5.73 Å². The van der Waals surface area contributed by atoms with Crippen LogP contribution in [0.2, 0.25) is 0 Å². The number of pyridine rings is 1. The van der Waals surface area contributed by atoms with Gasteiger partial charge in [0.25, 0.3) is 0 Å². The van der Waals surface area contributed by atoms with Crippen molar-refractivity contribution in [3.8, 4) is 0 Å². The number of aromatic nitrogens is 2. The summed E-state index contributed by atoms with van der Waals surface area (Å²) >= 11 is 1.23. The Morgan fingerprint density at radius 2 is 1.96 bits per heavy atom. The van der Waals surface area contributed by atoms with Gasteiger partial charge in [0.05, 0.1) is 0 Å². The van der Waals surface area contributed by atoms with Crippen molar-refractivity contribution in [3.05, 3.63) is 59.2 Å². The molecule has 0 fully saturated rings. The number of hydrogen-bond acceptors (Lipinski definition) is 7. The first kappa shape index (κ1) is 15.9. The van der Waals surface area contributed by atoms with E-state index < -0.39 is 0 Å². The van der Waals surface area contributed by atoms with Gasteiger partial charge in [0.15, 0.2) is 5.13 Å². The Morgan fingerprint density at radius 3 is 2.58 bits per heavy atom. The number of nitrogen functional groups attached to an aromatic ring is 1. The second-order valence-electron chi connectivity index (χ2n) is 5.37. The van der Waals surface area contributed by atoms with Crippen LogP contribution in [0, 0.1) is 0 Å². The number of anilines is 4. The molecule has 0 bridgehead atoms. The molecule has 0 radical (unpaired) electrons. The maximum Gasteiger partial charge on any atom is 0.208 e. The lowest BCUT2D eigenvalue weighted by molar-refractivity contribution is 0.104. The molecule has 24 heavy (non-hydrogen) atoms. The number of thiazole rings is 1. The molecule has 0 aliphatic rings. The second-order valence-corrected chi connectivity index (χ2v) is 6.37. The highest BCUT2D eigenvalue weighted by atomic mass is 32.1. The van der Waals surface area contributed by atoms with Crippen molar-refractivity contribution >= 4 is 39.4 Å². The number of hydrogen-bond donors (Lipinski definition) is 2. The van der Waals surface area contributed by atoms with E-state index in [0.717, 1.165) is 11.4 Å². The van der Waals surface area contributed by atoms with E-state index in [9.17, 15) is 4.79 Å². The van der Waals surface area contributed by atoms with Crippen molar-refractivity contribution in [1.29, 1.82) is 0 Å². The van der Waals surface area contributed by atoms with Gasteiger partial charge in [-0.1, -0.05) is 11.3 Å². The number of rotatable bonds is 5. The fourth-order valence-electron chi connectivity index (χ4n) is 2.14. The number of ketones is 1. The molecule has 0 aliphatic carbocycles. The molecule has 0 atom stereocenters. The molecule has 0 aliphatic heterocycles. The van der Waals surface area contributed by atoms with Crippen LogP contribution in [-0.2, 0) is 0 Å². The van der Waals surface area contributed by atoms with Gasteiger partial charge in [-0.05, 0) is 36.4 Å². The quantitative estimate of drug-likeness (QED) is 0.695. The van der Waals surface area contributed by atoms with Crippen molar-refractivity contribution in [2.24, 2.45) is 0 Å². The predicted octanol–water partition coefficient (Wildman–Crippen LogP) is 3.16. The molecule has 6 nitrogen and oxygen atoms in total. The summed E-state index contributed by atoms with van der Waals surface area (Å²) < 4.78 is 0. The first-order valence-corrected chi connectivity index (χ1v) is 8.11. The van der Waals surface area contributed by atoms with Crippen LogP contribution in [0.25, 0.3) is 0 Å². The lowest BCUT2D eigenvalue weighted by Gasteiger charge is -2.12. The maximum atomic E-state index is 12.5. The standard InChI is InChI=1S/C17H17N5OS/c1-22(2)13-7-5-12(6-8-13)20-17-21-16(18)15(24-17)14(23)11-4-3-9-19-10-11/h3-10H,18H2,1-2H3,(H,20,21). The van der Waals surface area contributed by atoms with Crippen LogP contribution >= 0.6 is 11.3 Å². The average molecular weight is 339 g/mol. The SMILES string of the molecule is CN(C)c1ccc(Nc2nc(N)c(C(=O)c3cccnc3)s2)cc1. The summed E-state index contributed by atoms with van der Waals surface area (Å²) in [6.45, 7) is 0. The normalized spacial score (nSPS) is 10.4. The van der Waals surface area contributed by atoms with Gasteiger partial charge in [-0.15, -0.1) is 0 Å². The summed E-state index contributed by atoms with van der Waals surface area (Å²) in [5, 5.41) is 3.76. The molecule has 3 aromatic rings. The zero-order chi connectivity index (χ0) is 17.1. The summed E-state index contributed by atoms with van der Waals surface area (Å²) in [5.74, 6) is 0.0513. The lowest BCUT2D eigenvalue weighted by atomic mass is 10.2. The smallest absolute Gasteiger partial charge is 0.208 e. The van der Waals surface area contributed by atoms with Gasteiger partial charge in [-0.2, -0.15) is 0 Å². The Labute approximate surface area is 144 Å². The molecular formula is C17H17N5OS. The van der Waals surface area contributed by atoms with Crippen molar-refractivity contribution < 1.29 is 4.79 Å². The Hall–Kier alpha value is -2.93. The van der Waals surface area contributed by atoms with Gasteiger partial charge < -0.3 is 16.0 Å². The summed E-state index contributed by atoms with van der Waals surface area (Å²) in [7, 11) is 3.97. The monoisotopic (exact) mass is 339 g/mol. The van der Waals surface area contributed by atoms with Crippen LogP contribution in [-0.4, -0.2) is 29.8 Å². The number of carbonyl (C=O) groups excluding carboxylic acids is 1. The molecular weight excluding hydrogens is 322 g/mol. The number of nitrogens with one attached hydrogen (secondary N) is 1. The highest BCUT2D eigenvalue weighted by molar-refractivity contribution is 7.18. The molecule has 2 heterocycles. The van der Waals surface area contributed by atoms with E-state index in [0.29, 0.717) is 15.6 Å². The molecule has 0 saturated heterocycles. The number of benzene rings is 1. The topological polar surface area (TPSA) is 84.1 Å². The molecule has 3 rings (SSSR count). The van der Waals surface area contributed by atoms with E-state index in [-0.39, 0.29) is 11.6 Å². The fraction of sp³-hybridized carbons (Fsp3) is 0.118. The van der Waals surface area contributed by atoms with Gasteiger partial charge in [0.1, 0.15) is 10.7 Å². The van der Waals surface area contributed by atoms with Crippen molar-refractivity contribution in [1.82, 2.24) is 9.97 Å². The third-order valence-electron chi connectivity index (χ3n) is 3.42. The maximum absolute atomic E-state index is 12.5. The van der Waals surface area contributed by atoms with Gasteiger partial charge in [0.2, 0.25) is 5.78 Å². The van der Waals surface area contributed by atoms with Crippen LogP contribution < -0.4 is 16.0 Å². The van der Waals surface area contributed by atoms with Crippen LogP contribution in [0.15, 0.2) is 48.8 Å². The van der Waals surface area contributed by atoms with E-state index in [2.05, 4.69) is 15.3 Å². The minimum atomic E-state index is -0.172. The van der Waals surface area contributed by atoms with Gasteiger partial charge >= 0.3 is 0 Å². The van der Waals surface area contributed by atoms with Crippen LogP contribution in [0.3, 0.4) is 0 Å². The molecule has 0 saturated carbocycles. The zero-order valence-electron chi connectivity index (χ0n) is 13.4. The summed E-state index contributed by atoms with van der Waals surface area (Å²) in [5.41, 5.74) is 8.39. The zero-order valence-corrected chi connectivity index (χ0v) is 14.2. The second kappa shape index (κ2) is 6.67. The largest absolute Gasteiger partial charge is 0.382 e. The number of nitrogens with two attached hydrogens (primary N) is 1. The highest BCUT2D eigenvalue weighted by Crippen LogP contribution is 2.30. The highest BCUT2D eigenvalue weighted by Gasteiger charge is 2.18. The Kier molecular flexibility index (Phi) is 4.43. The molecule has 3 N–H and O–H groups in total. The Bertz CT molecular complexity index is 843. The van der Waals surface area contributed by atoms with Gasteiger partial charge in [-0.25, -0.2) is 4.98 Å². The number of carbonyl (C=O) groups is 1. The molecule has 0 spiro atoms. The van der Waals surface area contributed by atoms with Crippen molar-refractivity contribution in [2.45, 2.75) is 0 Å². The van der Waals surface area contributed by atoms with Crippen molar-refractivity contribution in [3.63, 3.8) is 0 Å².